The Labute approximate surface area is 141 Å². The standard InChI is InChI=1S/C11H16N2O2S.C5H10O2/c1-2-15-11(14)9-7-16-10(13-9)8-3-5-12-6-4-8;1-5(2,3)7-4-6/h7-8,12H,2-6H2,1H3;4H,1-3H3. The zero-order valence-corrected chi connectivity index (χ0v) is 15.1. The van der Waals surface area contributed by atoms with Crippen LogP contribution in [0.25, 0.3) is 0 Å². The van der Waals surface area contributed by atoms with Crippen molar-refractivity contribution in [2.45, 2.75) is 52.1 Å². The molecule has 0 radical (unpaired) electrons. The number of piperidine rings is 1. The van der Waals surface area contributed by atoms with Crippen LogP contribution in [0.5, 0.6) is 0 Å². The summed E-state index contributed by atoms with van der Waals surface area (Å²) >= 11 is 1.57. The molecule has 1 aliphatic heterocycles. The summed E-state index contributed by atoms with van der Waals surface area (Å²) in [5.41, 5.74) is 0.141. The van der Waals surface area contributed by atoms with E-state index in [-0.39, 0.29) is 11.6 Å². The summed E-state index contributed by atoms with van der Waals surface area (Å²) in [5, 5.41) is 6.19. The molecular weight excluding hydrogens is 316 g/mol. The molecule has 0 amide bonds. The number of ether oxygens (including phenoxy) is 2. The van der Waals surface area contributed by atoms with Gasteiger partial charge in [-0.2, -0.15) is 0 Å². The molecule has 130 valence electrons. The van der Waals surface area contributed by atoms with E-state index in [1.165, 1.54) is 0 Å². The number of carbonyl (C=O) groups excluding carboxylic acids is 2. The maximum atomic E-state index is 11.5. The maximum absolute atomic E-state index is 11.5. The van der Waals surface area contributed by atoms with Crippen molar-refractivity contribution in [2.24, 2.45) is 0 Å². The van der Waals surface area contributed by atoms with Crippen LogP contribution in [-0.4, -0.2) is 42.7 Å². The van der Waals surface area contributed by atoms with Crippen LogP contribution in [0, 0.1) is 0 Å². The van der Waals surface area contributed by atoms with Gasteiger partial charge in [-0.3, -0.25) is 4.79 Å². The molecule has 0 aliphatic carbocycles. The first kappa shape index (κ1) is 19.6. The Balaban J connectivity index is 0.000000322. The Morgan fingerprint density at radius 3 is 2.57 bits per heavy atom. The molecule has 0 atom stereocenters. The van der Waals surface area contributed by atoms with E-state index < -0.39 is 0 Å². The Morgan fingerprint density at radius 1 is 1.43 bits per heavy atom. The molecule has 2 heterocycles. The summed E-state index contributed by atoms with van der Waals surface area (Å²) in [6, 6.07) is 0. The number of esters is 1. The highest BCUT2D eigenvalue weighted by atomic mass is 32.1. The minimum atomic E-state index is -0.318. The van der Waals surface area contributed by atoms with Crippen molar-refractivity contribution in [2.75, 3.05) is 19.7 Å². The smallest absolute Gasteiger partial charge is 0.357 e. The zero-order valence-electron chi connectivity index (χ0n) is 14.3. The SMILES string of the molecule is CC(C)(C)OC=O.CCOC(=O)c1csc(C2CCNCC2)n1. The molecule has 1 aromatic heterocycles. The molecule has 1 aliphatic rings. The van der Waals surface area contributed by atoms with E-state index in [1.54, 1.807) is 23.6 Å². The second kappa shape index (κ2) is 9.62. The van der Waals surface area contributed by atoms with Crippen LogP contribution in [-0.2, 0) is 14.3 Å². The molecule has 23 heavy (non-hydrogen) atoms. The zero-order chi connectivity index (χ0) is 17.3. The Bertz CT molecular complexity index is 491. The summed E-state index contributed by atoms with van der Waals surface area (Å²) < 4.78 is 9.47. The summed E-state index contributed by atoms with van der Waals surface area (Å²) in [6.45, 7) is 10.2. The van der Waals surface area contributed by atoms with Crippen LogP contribution >= 0.6 is 11.3 Å². The van der Waals surface area contributed by atoms with Gasteiger partial charge in [0.05, 0.1) is 11.6 Å². The molecule has 2 rings (SSSR count). The lowest BCUT2D eigenvalue weighted by atomic mass is 9.99. The third kappa shape index (κ3) is 7.56. The fourth-order valence-corrected chi connectivity index (χ4v) is 2.95. The van der Waals surface area contributed by atoms with Gasteiger partial charge < -0.3 is 14.8 Å². The summed E-state index contributed by atoms with van der Waals surface area (Å²) in [7, 11) is 0. The number of rotatable bonds is 4. The van der Waals surface area contributed by atoms with E-state index in [0.717, 1.165) is 30.9 Å². The van der Waals surface area contributed by atoms with Crippen molar-refractivity contribution >= 4 is 23.8 Å². The number of carbonyl (C=O) groups is 2. The van der Waals surface area contributed by atoms with Crippen LogP contribution < -0.4 is 5.32 Å². The number of hydrogen-bond donors (Lipinski definition) is 1. The van der Waals surface area contributed by atoms with Crippen LogP contribution in [0.2, 0.25) is 0 Å². The van der Waals surface area contributed by atoms with Gasteiger partial charge in [-0.25, -0.2) is 9.78 Å². The first-order chi connectivity index (χ1) is 10.9. The number of aromatic nitrogens is 1. The molecule has 1 aromatic rings. The average molecular weight is 342 g/mol. The number of nitrogens with zero attached hydrogens (tertiary/aromatic N) is 1. The Hall–Kier alpha value is -1.47. The van der Waals surface area contributed by atoms with Crippen LogP contribution in [0.4, 0.5) is 0 Å². The van der Waals surface area contributed by atoms with E-state index in [1.807, 2.05) is 20.8 Å². The van der Waals surface area contributed by atoms with E-state index in [9.17, 15) is 9.59 Å². The molecule has 0 aromatic carbocycles. The van der Waals surface area contributed by atoms with Gasteiger partial charge in [-0.1, -0.05) is 0 Å². The lowest BCUT2D eigenvalue weighted by Gasteiger charge is -2.20. The largest absolute Gasteiger partial charge is 0.462 e. The molecule has 1 saturated heterocycles. The number of nitrogens with one attached hydrogen (secondary N) is 1. The molecule has 1 N–H and O–H groups in total. The number of thiazole rings is 1. The maximum Gasteiger partial charge on any atom is 0.357 e. The van der Waals surface area contributed by atoms with E-state index in [2.05, 4.69) is 15.0 Å². The summed E-state index contributed by atoms with van der Waals surface area (Å²) in [4.78, 5) is 25.4. The van der Waals surface area contributed by atoms with E-state index in [4.69, 9.17) is 4.74 Å². The van der Waals surface area contributed by atoms with Crippen molar-refractivity contribution in [1.29, 1.82) is 0 Å². The molecule has 6 nitrogen and oxygen atoms in total. The topological polar surface area (TPSA) is 77.5 Å². The summed E-state index contributed by atoms with van der Waals surface area (Å²) in [6.07, 6.45) is 2.21. The molecule has 0 unspecified atom stereocenters. The average Bonchev–Trinajstić information content (AvgIpc) is 2.98. The lowest BCUT2D eigenvalue weighted by molar-refractivity contribution is -0.138. The highest BCUT2D eigenvalue weighted by Gasteiger charge is 2.20. The molecule has 7 heteroatoms. The second-order valence-electron chi connectivity index (χ2n) is 6.14. The first-order valence-electron chi connectivity index (χ1n) is 7.82. The van der Waals surface area contributed by atoms with Crippen molar-refractivity contribution < 1.29 is 19.1 Å². The van der Waals surface area contributed by atoms with Gasteiger partial charge >= 0.3 is 5.97 Å². The monoisotopic (exact) mass is 342 g/mol. The van der Waals surface area contributed by atoms with Crippen LogP contribution in [0.3, 0.4) is 0 Å². The minimum Gasteiger partial charge on any atom is -0.462 e. The Kier molecular flexibility index (Phi) is 8.19. The van der Waals surface area contributed by atoms with Gasteiger partial charge in [-0.05, 0) is 53.6 Å². The van der Waals surface area contributed by atoms with Crippen molar-refractivity contribution in [3.05, 3.63) is 16.1 Å². The molecular formula is C16H26N2O4S. The first-order valence-corrected chi connectivity index (χ1v) is 8.70. The van der Waals surface area contributed by atoms with Gasteiger partial charge in [0.15, 0.2) is 5.69 Å². The van der Waals surface area contributed by atoms with Gasteiger partial charge in [-0.15, -0.1) is 11.3 Å². The lowest BCUT2D eigenvalue weighted by Crippen LogP contribution is -2.26. The third-order valence-corrected chi connectivity index (χ3v) is 4.10. The number of hydrogen-bond acceptors (Lipinski definition) is 7. The molecule has 0 saturated carbocycles. The third-order valence-electron chi connectivity index (χ3n) is 3.10. The predicted molar refractivity (Wildman–Crippen MR) is 89.8 cm³/mol. The molecule has 1 fully saturated rings. The van der Waals surface area contributed by atoms with E-state index in [0.29, 0.717) is 24.7 Å². The molecule has 0 spiro atoms. The minimum absolute atomic E-state index is 0.307. The van der Waals surface area contributed by atoms with Crippen molar-refractivity contribution in [1.82, 2.24) is 10.3 Å². The summed E-state index contributed by atoms with van der Waals surface area (Å²) in [5.74, 6) is 0.202. The molecule has 0 bridgehead atoms. The highest BCUT2D eigenvalue weighted by molar-refractivity contribution is 7.09. The second-order valence-corrected chi connectivity index (χ2v) is 7.03. The van der Waals surface area contributed by atoms with Crippen LogP contribution in [0.1, 0.15) is 62.0 Å². The van der Waals surface area contributed by atoms with Gasteiger partial charge in [0.1, 0.15) is 5.60 Å². The van der Waals surface area contributed by atoms with Crippen molar-refractivity contribution in [3.63, 3.8) is 0 Å². The Morgan fingerprint density at radius 2 is 2.09 bits per heavy atom. The highest BCUT2D eigenvalue weighted by Crippen LogP contribution is 2.27. The fourth-order valence-electron chi connectivity index (χ4n) is 1.99. The van der Waals surface area contributed by atoms with Crippen LogP contribution in [0.15, 0.2) is 5.38 Å². The van der Waals surface area contributed by atoms with Gasteiger partial charge in [0.2, 0.25) is 0 Å². The normalized spacial score (nSPS) is 15.3. The van der Waals surface area contributed by atoms with Gasteiger partial charge in [0.25, 0.3) is 6.47 Å². The predicted octanol–water partition coefficient (Wildman–Crippen LogP) is 2.74. The van der Waals surface area contributed by atoms with Gasteiger partial charge in [0, 0.05) is 11.3 Å². The van der Waals surface area contributed by atoms with E-state index >= 15 is 0 Å². The van der Waals surface area contributed by atoms with Crippen molar-refractivity contribution in [3.8, 4) is 0 Å². The quantitative estimate of drug-likeness (QED) is 0.670. The fraction of sp³-hybridized carbons (Fsp3) is 0.688.